The van der Waals surface area contributed by atoms with E-state index in [0.29, 0.717) is 11.4 Å². The van der Waals surface area contributed by atoms with Gasteiger partial charge >= 0.3 is 0 Å². The van der Waals surface area contributed by atoms with Gasteiger partial charge in [0, 0.05) is 43.7 Å². The minimum atomic E-state index is 0.567. The normalized spacial score (nSPS) is 11.6. The van der Waals surface area contributed by atoms with Crippen LogP contribution in [0.4, 0.5) is 11.4 Å². The Morgan fingerprint density at radius 3 is 1.55 bits per heavy atom. The Balaban J connectivity index is 1.23. The summed E-state index contributed by atoms with van der Waals surface area (Å²) in [5, 5.41) is 6.74. The van der Waals surface area contributed by atoms with E-state index < -0.39 is 0 Å². The van der Waals surface area contributed by atoms with Crippen LogP contribution < -0.4 is 0 Å². The molecule has 0 radical (unpaired) electrons. The summed E-state index contributed by atoms with van der Waals surface area (Å²) in [4.78, 5) is 7.84. The lowest BCUT2D eigenvalue weighted by Gasteiger charge is -2.19. The zero-order valence-electron chi connectivity index (χ0n) is 29.5. The molecular weight excluding hydrogens is 671 g/mol. The Bertz CT molecular complexity index is 3420. The van der Waals surface area contributed by atoms with Gasteiger partial charge in [-0.2, -0.15) is 0 Å². The molecule has 11 rings (SSSR count). The molecule has 0 atom stereocenters. The molecule has 0 unspecified atom stereocenters. The van der Waals surface area contributed by atoms with Gasteiger partial charge in [0.25, 0.3) is 0 Å². The molecule has 0 fully saturated rings. The van der Waals surface area contributed by atoms with Crippen LogP contribution in [-0.2, 0) is 0 Å². The van der Waals surface area contributed by atoms with Crippen molar-refractivity contribution < 1.29 is 0 Å². The Morgan fingerprint density at radius 1 is 0.345 bits per heavy atom. The third kappa shape index (κ3) is 4.39. The summed E-state index contributed by atoms with van der Waals surface area (Å²) in [5.74, 6) is 0. The fraction of sp³-hybridized carbons (Fsp3) is 0. The molecule has 5 heteroatoms. The molecule has 8 aromatic carbocycles. The maximum absolute atomic E-state index is 8.09. The predicted molar refractivity (Wildman–Crippen MR) is 227 cm³/mol. The van der Waals surface area contributed by atoms with Crippen LogP contribution in [0, 0.1) is 13.1 Å². The van der Waals surface area contributed by atoms with Crippen LogP contribution in [0.5, 0.6) is 0 Å². The molecule has 0 saturated carbocycles. The Hall–Kier alpha value is -7.86. The summed E-state index contributed by atoms with van der Waals surface area (Å²) in [7, 11) is 0. The molecule has 3 aromatic heterocycles. The maximum Gasteiger partial charge on any atom is 0.197 e. The molecule has 0 aliphatic carbocycles. The first-order valence-electron chi connectivity index (χ1n) is 18.3. The minimum Gasteiger partial charge on any atom is -0.310 e. The van der Waals surface area contributed by atoms with Crippen molar-refractivity contribution >= 4 is 76.8 Å². The topological polar surface area (TPSA) is 23.5 Å². The summed E-state index contributed by atoms with van der Waals surface area (Å²) in [5.41, 5.74) is 12.7. The van der Waals surface area contributed by atoms with Crippen LogP contribution in [-0.4, -0.2) is 13.7 Å². The number of nitrogens with zero attached hydrogens (tertiary/aromatic N) is 5. The van der Waals surface area contributed by atoms with Gasteiger partial charge in [0.05, 0.1) is 52.1 Å². The van der Waals surface area contributed by atoms with Gasteiger partial charge in [-0.05, 0) is 71.6 Å². The SMILES string of the molecule is [C-]#[N+]c1ccc(-n2c3ccccc3c3ccc(-n4c5ccccc5c5ccccc54)cc32)c(-c2ccccc2-n2c3ccccc3c3c([N+]#[C-])cccc32)c1. The summed E-state index contributed by atoms with van der Waals surface area (Å²) >= 11 is 0. The molecule has 5 nitrogen and oxygen atoms in total. The van der Waals surface area contributed by atoms with Crippen LogP contribution >= 0.6 is 0 Å². The lowest BCUT2D eigenvalue weighted by Crippen LogP contribution is -2.02. The van der Waals surface area contributed by atoms with E-state index in [1.807, 2.05) is 30.3 Å². The summed E-state index contributed by atoms with van der Waals surface area (Å²) < 4.78 is 7.00. The van der Waals surface area contributed by atoms with E-state index in [-0.39, 0.29) is 0 Å². The van der Waals surface area contributed by atoms with Crippen molar-refractivity contribution in [2.45, 2.75) is 0 Å². The quantitative estimate of drug-likeness (QED) is 0.163. The molecule has 254 valence electrons. The Kier molecular flexibility index (Phi) is 6.61. The van der Waals surface area contributed by atoms with E-state index in [1.54, 1.807) is 0 Å². The third-order valence-electron chi connectivity index (χ3n) is 11.1. The van der Waals surface area contributed by atoms with Crippen LogP contribution in [0.1, 0.15) is 0 Å². The van der Waals surface area contributed by atoms with Crippen molar-refractivity contribution in [3.8, 4) is 28.2 Å². The van der Waals surface area contributed by atoms with Crippen LogP contribution in [0.15, 0.2) is 176 Å². The highest BCUT2D eigenvalue weighted by atomic mass is 15.0. The van der Waals surface area contributed by atoms with Gasteiger partial charge in [-0.15, -0.1) is 0 Å². The third-order valence-corrected chi connectivity index (χ3v) is 11.1. The second-order valence-electron chi connectivity index (χ2n) is 13.9. The number of rotatable bonds is 4. The predicted octanol–water partition coefficient (Wildman–Crippen LogP) is 13.7. The molecular formula is C50H29N5. The largest absolute Gasteiger partial charge is 0.310 e. The van der Waals surface area contributed by atoms with E-state index in [2.05, 4.69) is 169 Å². The molecule has 0 saturated heterocycles. The molecule has 55 heavy (non-hydrogen) atoms. The highest BCUT2D eigenvalue weighted by Gasteiger charge is 2.22. The second-order valence-corrected chi connectivity index (χ2v) is 13.9. The van der Waals surface area contributed by atoms with Crippen LogP contribution in [0.3, 0.4) is 0 Å². The molecule has 0 amide bonds. The first kappa shape index (κ1) is 30.7. The van der Waals surface area contributed by atoms with E-state index >= 15 is 0 Å². The number of fused-ring (bicyclic) bond motifs is 9. The Morgan fingerprint density at radius 2 is 0.873 bits per heavy atom. The van der Waals surface area contributed by atoms with Crippen LogP contribution in [0.25, 0.3) is 103 Å². The first-order chi connectivity index (χ1) is 27.2. The average Bonchev–Trinajstić information content (AvgIpc) is 3.89. The van der Waals surface area contributed by atoms with Crippen molar-refractivity contribution in [1.29, 1.82) is 0 Å². The van der Waals surface area contributed by atoms with Gasteiger partial charge in [0.2, 0.25) is 0 Å². The van der Waals surface area contributed by atoms with Crippen molar-refractivity contribution in [1.82, 2.24) is 13.7 Å². The van der Waals surface area contributed by atoms with Gasteiger partial charge in [-0.1, -0.05) is 115 Å². The summed E-state index contributed by atoms with van der Waals surface area (Å²) in [6, 6.07) is 61.3. The lowest BCUT2D eigenvalue weighted by atomic mass is 10.00. The van der Waals surface area contributed by atoms with E-state index in [1.165, 1.54) is 10.8 Å². The number of hydrogen-bond acceptors (Lipinski definition) is 0. The average molecular weight is 700 g/mol. The number of benzene rings is 8. The fourth-order valence-electron chi connectivity index (χ4n) is 8.81. The summed E-state index contributed by atoms with van der Waals surface area (Å²) in [6.07, 6.45) is 0. The molecule has 0 aliphatic heterocycles. The minimum absolute atomic E-state index is 0.567. The zero-order chi connectivity index (χ0) is 36.6. The standard InChI is InChI=1S/C50H29N5/c1-51-32-26-29-47(40(30-32)37-17-6-11-23-45(37)54-46-24-12-7-18-39(46)50-41(52-2)19-13-25-48(50)54)55-44-22-10-5-16-36(44)38-28-27-33(31-49(38)55)53-42-20-8-3-14-34(42)35-15-4-9-21-43(35)53/h3-31H. The van der Waals surface area contributed by atoms with Crippen molar-refractivity contribution in [3.63, 3.8) is 0 Å². The molecule has 0 N–H and O–H groups in total. The van der Waals surface area contributed by atoms with Crippen molar-refractivity contribution in [3.05, 3.63) is 199 Å². The Labute approximate surface area is 316 Å². The van der Waals surface area contributed by atoms with Gasteiger partial charge in [0.1, 0.15) is 0 Å². The van der Waals surface area contributed by atoms with Gasteiger partial charge in [-0.25, -0.2) is 9.69 Å². The van der Waals surface area contributed by atoms with E-state index in [4.69, 9.17) is 13.1 Å². The molecule has 0 spiro atoms. The summed E-state index contributed by atoms with van der Waals surface area (Å²) in [6.45, 7) is 16.1. The number of aromatic nitrogens is 3. The van der Waals surface area contributed by atoms with Crippen LogP contribution in [0.2, 0.25) is 0 Å². The molecule has 0 aliphatic rings. The number of para-hydroxylation sites is 5. The maximum atomic E-state index is 8.09. The van der Waals surface area contributed by atoms with Crippen molar-refractivity contribution in [2.75, 3.05) is 0 Å². The van der Waals surface area contributed by atoms with Gasteiger partial charge in [-0.3, -0.25) is 0 Å². The first-order valence-corrected chi connectivity index (χ1v) is 18.3. The molecule has 3 heterocycles. The van der Waals surface area contributed by atoms with E-state index in [0.717, 1.165) is 82.8 Å². The highest BCUT2D eigenvalue weighted by Crippen LogP contribution is 2.44. The number of hydrogen-bond donors (Lipinski definition) is 0. The van der Waals surface area contributed by atoms with Crippen molar-refractivity contribution in [2.24, 2.45) is 0 Å². The lowest BCUT2D eigenvalue weighted by molar-refractivity contribution is 1.15. The highest BCUT2D eigenvalue weighted by molar-refractivity contribution is 6.16. The zero-order valence-corrected chi connectivity index (χ0v) is 29.5. The molecule has 0 bridgehead atoms. The van der Waals surface area contributed by atoms with Gasteiger partial charge < -0.3 is 13.7 Å². The van der Waals surface area contributed by atoms with Gasteiger partial charge in [0.15, 0.2) is 11.4 Å². The van der Waals surface area contributed by atoms with E-state index in [9.17, 15) is 0 Å². The second kappa shape index (κ2) is 11.8. The molecule has 11 aromatic rings. The smallest absolute Gasteiger partial charge is 0.197 e. The fourth-order valence-corrected chi connectivity index (χ4v) is 8.81. The monoisotopic (exact) mass is 699 g/mol.